The Labute approximate surface area is 387 Å². The molecule has 1 aliphatic carbocycles. The molecule has 6 amide bonds. The number of piperazine rings is 2. The highest BCUT2D eigenvalue weighted by Crippen LogP contribution is 2.34. The highest BCUT2D eigenvalue weighted by atomic mass is 16.2. The van der Waals surface area contributed by atoms with Crippen molar-refractivity contribution in [3.05, 3.63) is 75.3 Å². The Balaban J connectivity index is 0.673. The maximum Gasteiger partial charge on any atom is 0.320 e. The van der Waals surface area contributed by atoms with Gasteiger partial charge in [0, 0.05) is 102 Å². The van der Waals surface area contributed by atoms with Crippen molar-refractivity contribution in [2.75, 3.05) is 87.1 Å². The van der Waals surface area contributed by atoms with Crippen molar-refractivity contribution in [2.24, 2.45) is 5.92 Å². The number of carbonyl (C=O) groups is 6. The fourth-order valence-corrected chi connectivity index (χ4v) is 10.9. The van der Waals surface area contributed by atoms with E-state index in [-0.39, 0.29) is 47.4 Å². The van der Waals surface area contributed by atoms with E-state index in [1.165, 1.54) is 6.92 Å². The summed E-state index contributed by atoms with van der Waals surface area (Å²) in [7, 11) is 0. The van der Waals surface area contributed by atoms with Crippen LogP contribution in [-0.4, -0.2) is 153 Å². The molecule has 5 fully saturated rings. The van der Waals surface area contributed by atoms with Gasteiger partial charge in [0.1, 0.15) is 17.5 Å². The van der Waals surface area contributed by atoms with Gasteiger partial charge < -0.3 is 24.9 Å². The SMILES string of the molecule is CC(=O)c1c(C)c2cnc(Nc3ccc(N4CCN(C(=O)N5CCC(CN6CCN(c7ccc8c(c7)C(=O)N(C7CCC(=O)NC7=O)C8=O)CC6)CC5)CC4)cn3)nc2n(C2CCCC2)c1=O. The first-order valence-corrected chi connectivity index (χ1v) is 23.7. The lowest BCUT2D eigenvalue weighted by Gasteiger charge is -2.42. The first kappa shape index (κ1) is 44.1. The summed E-state index contributed by atoms with van der Waals surface area (Å²) in [5, 5.41) is 6.13. The number of pyridine rings is 2. The molecule has 3 aromatic heterocycles. The summed E-state index contributed by atoms with van der Waals surface area (Å²) >= 11 is 0. The molecule has 0 radical (unpaired) electrons. The fraction of sp³-hybridized carbons (Fsp3) is 0.500. The molecule has 350 valence electrons. The average molecular weight is 913 g/mol. The summed E-state index contributed by atoms with van der Waals surface area (Å²) in [4.78, 5) is 116. The van der Waals surface area contributed by atoms with E-state index in [0.717, 1.165) is 101 Å². The number of benzene rings is 1. The molecule has 10 rings (SSSR count). The number of fused-ring (bicyclic) bond motifs is 2. The zero-order valence-electron chi connectivity index (χ0n) is 38.0. The van der Waals surface area contributed by atoms with Gasteiger partial charge in [-0.1, -0.05) is 12.8 Å². The van der Waals surface area contributed by atoms with Crippen LogP contribution in [0.25, 0.3) is 11.0 Å². The molecule has 1 unspecified atom stereocenters. The number of Topliss-reactive ketones (excluding diaryl/α,β-unsaturated/α-hetero) is 1. The standard InChI is InChI=1S/C48H56N12O7/c1-29-37-27-50-47(53-42(37)59(32-5-3-4-6-32)46(66)41(29)30(2)61)51-39-11-8-34(26-49-39)56-21-23-58(24-22-56)48(67)57-15-13-31(14-16-57)28-54-17-19-55(20-18-54)33-7-9-35-36(25-33)45(65)60(44(35)64)38-10-12-40(62)52-43(38)63/h7-9,11,25-27,31-32,38H,3-6,10,12-24,28H2,1-2H3,(H,52,62,63)(H,49,50,51,53). The predicted molar refractivity (Wildman–Crippen MR) is 249 cm³/mol. The first-order chi connectivity index (χ1) is 32.4. The Morgan fingerprint density at radius 3 is 2.10 bits per heavy atom. The van der Waals surface area contributed by atoms with Crippen LogP contribution in [0.5, 0.6) is 0 Å². The van der Waals surface area contributed by atoms with Crippen LogP contribution < -0.4 is 26.0 Å². The third kappa shape index (κ3) is 8.49. The lowest BCUT2D eigenvalue weighted by atomic mass is 9.96. The number of amides is 6. The minimum atomic E-state index is -0.986. The third-order valence-corrected chi connectivity index (χ3v) is 14.7. The van der Waals surface area contributed by atoms with Gasteiger partial charge in [0.2, 0.25) is 17.8 Å². The van der Waals surface area contributed by atoms with Gasteiger partial charge in [-0.2, -0.15) is 4.98 Å². The number of hydrogen-bond acceptors (Lipinski definition) is 14. The van der Waals surface area contributed by atoms with Gasteiger partial charge in [0.05, 0.1) is 28.6 Å². The minimum absolute atomic E-state index is 0.00817. The van der Waals surface area contributed by atoms with Crippen molar-refractivity contribution in [1.29, 1.82) is 0 Å². The molecule has 5 aliphatic heterocycles. The molecule has 0 spiro atoms. The molecule has 2 N–H and O–H groups in total. The number of urea groups is 1. The number of aromatic nitrogens is 4. The number of rotatable bonds is 9. The number of nitrogens with zero attached hydrogens (tertiary/aromatic N) is 10. The van der Waals surface area contributed by atoms with E-state index in [4.69, 9.17) is 4.98 Å². The summed E-state index contributed by atoms with van der Waals surface area (Å²) in [6.45, 7) is 11.5. The molecule has 8 heterocycles. The molecule has 1 saturated carbocycles. The van der Waals surface area contributed by atoms with Crippen molar-refractivity contribution in [3.8, 4) is 0 Å². The number of likely N-dealkylation sites (tertiary alicyclic amines) is 1. The van der Waals surface area contributed by atoms with Crippen LogP contribution in [0.1, 0.15) is 101 Å². The van der Waals surface area contributed by atoms with Crippen LogP contribution in [0.4, 0.5) is 27.9 Å². The summed E-state index contributed by atoms with van der Waals surface area (Å²) in [6, 6.07) is 8.27. The van der Waals surface area contributed by atoms with Gasteiger partial charge in [-0.25, -0.2) is 14.8 Å². The highest BCUT2D eigenvalue weighted by Gasteiger charge is 2.45. The molecule has 1 aromatic carbocycles. The predicted octanol–water partition coefficient (Wildman–Crippen LogP) is 3.73. The summed E-state index contributed by atoms with van der Waals surface area (Å²) < 4.78 is 1.70. The zero-order chi connectivity index (χ0) is 46.5. The smallest absolute Gasteiger partial charge is 0.320 e. The van der Waals surface area contributed by atoms with E-state index < -0.39 is 29.7 Å². The van der Waals surface area contributed by atoms with Gasteiger partial charge in [-0.15, -0.1) is 0 Å². The largest absolute Gasteiger partial charge is 0.369 e. The molecule has 0 bridgehead atoms. The van der Waals surface area contributed by atoms with Crippen molar-refractivity contribution >= 4 is 69.6 Å². The van der Waals surface area contributed by atoms with Crippen LogP contribution in [-0.2, 0) is 9.59 Å². The van der Waals surface area contributed by atoms with Gasteiger partial charge in [-0.05, 0) is 87.8 Å². The van der Waals surface area contributed by atoms with Gasteiger partial charge in [0.15, 0.2) is 5.78 Å². The van der Waals surface area contributed by atoms with Crippen LogP contribution >= 0.6 is 0 Å². The summed E-state index contributed by atoms with van der Waals surface area (Å²) in [6.07, 6.45) is 9.39. The number of piperidine rings is 2. The molecule has 19 heteroatoms. The number of aryl methyl sites for hydroxylation is 1. The summed E-state index contributed by atoms with van der Waals surface area (Å²) in [5.74, 6) is -0.890. The second kappa shape index (κ2) is 18.1. The minimum Gasteiger partial charge on any atom is -0.369 e. The average Bonchev–Trinajstić information content (AvgIpc) is 3.95. The number of ketones is 1. The Kier molecular flexibility index (Phi) is 11.9. The monoisotopic (exact) mass is 912 g/mol. The molecule has 4 saturated heterocycles. The topological polar surface area (TPSA) is 207 Å². The Bertz CT molecular complexity index is 2710. The Hall–Kier alpha value is -6.76. The number of nitrogens with one attached hydrogen (secondary N) is 2. The molecular weight excluding hydrogens is 857 g/mol. The number of hydrogen-bond donors (Lipinski definition) is 2. The number of carbonyl (C=O) groups excluding carboxylic acids is 6. The second-order valence-corrected chi connectivity index (χ2v) is 18.8. The zero-order valence-corrected chi connectivity index (χ0v) is 38.0. The highest BCUT2D eigenvalue weighted by molar-refractivity contribution is 6.23. The molecule has 6 aliphatic rings. The molecule has 1 atom stereocenters. The van der Waals surface area contributed by atoms with Gasteiger partial charge in [0.25, 0.3) is 17.4 Å². The maximum absolute atomic E-state index is 13.7. The normalized spacial score (nSPS) is 21.1. The van der Waals surface area contributed by atoms with Crippen LogP contribution in [0, 0.1) is 12.8 Å². The lowest BCUT2D eigenvalue weighted by molar-refractivity contribution is -0.136. The number of anilines is 4. The number of imide groups is 2. The van der Waals surface area contributed by atoms with E-state index >= 15 is 0 Å². The van der Waals surface area contributed by atoms with E-state index in [0.29, 0.717) is 66.0 Å². The van der Waals surface area contributed by atoms with Crippen LogP contribution in [0.15, 0.2) is 47.5 Å². The van der Waals surface area contributed by atoms with Crippen molar-refractivity contribution < 1.29 is 28.8 Å². The van der Waals surface area contributed by atoms with Crippen molar-refractivity contribution in [2.45, 2.75) is 77.3 Å². The van der Waals surface area contributed by atoms with E-state index in [1.807, 2.05) is 34.2 Å². The quantitative estimate of drug-likeness (QED) is 0.181. The van der Waals surface area contributed by atoms with E-state index in [2.05, 4.69) is 35.3 Å². The molecular formula is C48H56N12O7. The second-order valence-electron chi connectivity index (χ2n) is 18.8. The Morgan fingerprint density at radius 2 is 1.42 bits per heavy atom. The van der Waals surface area contributed by atoms with Gasteiger partial charge in [-0.3, -0.25) is 48.5 Å². The third-order valence-electron chi connectivity index (χ3n) is 14.7. The Morgan fingerprint density at radius 1 is 0.746 bits per heavy atom. The maximum atomic E-state index is 13.7. The first-order valence-electron chi connectivity index (χ1n) is 23.7. The van der Waals surface area contributed by atoms with E-state index in [9.17, 15) is 33.6 Å². The summed E-state index contributed by atoms with van der Waals surface area (Å²) in [5.41, 5.74) is 3.44. The van der Waals surface area contributed by atoms with E-state index in [1.54, 1.807) is 29.8 Å². The molecule has 19 nitrogen and oxygen atoms in total. The van der Waals surface area contributed by atoms with Crippen molar-refractivity contribution in [1.82, 2.24) is 44.4 Å². The van der Waals surface area contributed by atoms with Gasteiger partial charge >= 0.3 is 6.03 Å². The fourth-order valence-electron chi connectivity index (χ4n) is 10.9. The lowest BCUT2D eigenvalue weighted by Crippen LogP contribution is -2.54. The van der Waals surface area contributed by atoms with Crippen LogP contribution in [0.3, 0.4) is 0 Å². The van der Waals surface area contributed by atoms with Crippen LogP contribution in [0.2, 0.25) is 0 Å². The molecule has 4 aromatic rings. The molecule has 67 heavy (non-hydrogen) atoms. The van der Waals surface area contributed by atoms with Crippen molar-refractivity contribution in [3.63, 3.8) is 0 Å².